The molecule has 0 aliphatic carbocycles. The number of nitrogens with one attached hydrogen (secondary N) is 2. The van der Waals surface area contributed by atoms with Crippen molar-refractivity contribution in [1.29, 1.82) is 0 Å². The van der Waals surface area contributed by atoms with Crippen LogP contribution < -0.4 is 5.32 Å². The number of carbonyl (C=O) groups excluding carboxylic acids is 1. The molecule has 1 fully saturated rings. The van der Waals surface area contributed by atoms with Gasteiger partial charge in [-0.15, -0.1) is 0 Å². The van der Waals surface area contributed by atoms with Gasteiger partial charge in [-0.25, -0.2) is 14.8 Å². The van der Waals surface area contributed by atoms with Crippen molar-refractivity contribution in [3.8, 4) is 11.5 Å². The van der Waals surface area contributed by atoms with E-state index in [0.29, 0.717) is 6.54 Å². The molecule has 0 radical (unpaired) electrons. The van der Waals surface area contributed by atoms with Gasteiger partial charge in [0.25, 0.3) is 0 Å². The van der Waals surface area contributed by atoms with Crippen LogP contribution in [0, 0.1) is 6.92 Å². The van der Waals surface area contributed by atoms with Gasteiger partial charge in [-0.3, -0.25) is 0 Å². The van der Waals surface area contributed by atoms with Crippen molar-refractivity contribution >= 4 is 6.03 Å². The number of hydrogen-bond donors (Lipinski definition) is 2. The Bertz CT molecular complexity index is 587. The van der Waals surface area contributed by atoms with Crippen molar-refractivity contribution in [2.24, 2.45) is 0 Å². The van der Waals surface area contributed by atoms with Crippen LogP contribution in [0.15, 0.2) is 18.7 Å². The van der Waals surface area contributed by atoms with Gasteiger partial charge in [-0.2, -0.15) is 0 Å². The zero-order valence-corrected chi connectivity index (χ0v) is 10.8. The minimum Gasteiger partial charge on any atom is -0.348 e. The summed E-state index contributed by atoms with van der Waals surface area (Å²) in [5.74, 6) is 0.832. The lowest BCUT2D eigenvalue weighted by Gasteiger charge is -2.15. The van der Waals surface area contributed by atoms with E-state index in [1.165, 1.54) is 0 Å². The second-order valence-electron chi connectivity index (χ2n) is 4.54. The third-order valence-electron chi connectivity index (χ3n) is 3.31. The highest BCUT2D eigenvalue weighted by Crippen LogP contribution is 2.17. The van der Waals surface area contributed by atoms with Crippen molar-refractivity contribution in [2.75, 3.05) is 19.6 Å². The van der Waals surface area contributed by atoms with Gasteiger partial charge in [-0.05, 0) is 6.92 Å². The number of hydrogen-bond acceptors (Lipinski definition) is 3. The molecule has 2 aromatic rings. The van der Waals surface area contributed by atoms with Crippen LogP contribution in [0.3, 0.4) is 0 Å². The number of nitrogens with zero attached hydrogens (tertiary/aromatic N) is 4. The molecule has 0 unspecified atom stereocenters. The fourth-order valence-electron chi connectivity index (χ4n) is 2.24. The minimum absolute atomic E-state index is 0.0117. The Kier molecular flexibility index (Phi) is 2.94. The van der Waals surface area contributed by atoms with E-state index in [2.05, 4.69) is 20.3 Å². The largest absolute Gasteiger partial charge is 0.348 e. The Balaban J connectivity index is 1.74. The molecular weight excluding hydrogens is 244 g/mol. The lowest BCUT2D eigenvalue weighted by Crippen LogP contribution is -2.31. The van der Waals surface area contributed by atoms with Gasteiger partial charge in [0, 0.05) is 44.3 Å². The fraction of sp³-hybridized carbons (Fsp3) is 0.417. The van der Waals surface area contributed by atoms with Gasteiger partial charge in [-0.1, -0.05) is 0 Å². The first kappa shape index (κ1) is 11.8. The van der Waals surface area contributed by atoms with Crippen LogP contribution in [-0.2, 0) is 6.54 Å². The maximum absolute atomic E-state index is 11.5. The topological polar surface area (TPSA) is 78.8 Å². The molecule has 100 valence electrons. The van der Waals surface area contributed by atoms with Crippen LogP contribution in [0.25, 0.3) is 11.5 Å². The molecule has 1 aliphatic rings. The average Bonchev–Trinajstić information content (AvgIpc) is 3.08. The number of aromatic amines is 1. The summed E-state index contributed by atoms with van der Waals surface area (Å²) in [5, 5.41) is 2.80. The van der Waals surface area contributed by atoms with Gasteiger partial charge >= 0.3 is 6.03 Å². The molecule has 1 aliphatic heterocycles. The molecule has 0 spiro atoms. The molecule has 0 bridgehead atoms. The predicted molar refractivity (Wildman–Crippen MR) is 69.5 cm³/mol. The number of imidazole rings is 2. The predicted octanol–water partition coefficient (Wildman–Crippen LogP) is 0.607. The standard InChI is InChI=1S/C12H16N6O/c1-9-10(16-8-15-9)11-13-2-4-17(11)6-7-18-5-3-14-12(18)19/h2,4,8H,3,5-7H2,1H3,(H,14,19)(H,15,16). The van der Waals surface area contributed by atoms with Crippen molar-refractivity contribution < 1.29 is 4.79 Å². The van der Waals surface area contributed by atoms with Crippen molar-refractivity contribution in [3.05, 3.63) is 24.4 Å². The molecule has 3 rings (SSSR count). The summed E-state index contributed by atoms with van der Waals surface area (Å²) in [7, 11) is 0. The van der Waals surface area contributed by atoms with Gasteiger partial charge in [0.15, 0.2) is 5.82 Å². The van der Waals surface area contributed by atoms with Gasteiger partial charge < -0.3 is 19.8 Å². The van der Waals surface area contributed by atoms with Crippen molar-refractivity contribution in [3.63, 3.8) is 0 Å². The Morgan fingerprint density at radius 1 is 1.37 bits per heavy atom. The quantitative estimate of drug-likeness (QED) is 0.845. The molecule has 2 N–H and O–H groups in total. The molecule has 2 aromatic heterocycles. The maximum atomic E-state index is 11.5. The molecule has 0 saturated carbocycles. The highest BCUT2D eigenvalue weighted by molar-refractivity contribution is 5.76. The molecule has 0 aromatic carbocycles. The Morgan fingerprint density at radius 2 is 2.26 bits per heavy atom. The third-order valence-corrected chi connectivity index (χ3v) is 3.31. The highest BCUT2D eigenvalue weighted by Gasteiger charge is 2.19. The normalized spacial score (nSPS) is 15.0. The molecule has 7 nitrogen and oxygen atoms in total. The first-order chi connectivity index (χ1) is 9.25. The second kappa shape index (κ2) is 4.75. The Labute approximate surface area is 110 Å². The molecular formula is C12H16N6O. The third kappa shape index (κ3) is 2.18. The van der Waals surface area contributed by atoms with Crippen LogP contribution >= 0.6 is 0 Å². The minimum atomic E-state index is 0.0117. The number of aryl methyl sites for hydroxylation is 1. The summed E-state index contributed by atoms with van der Waals surface area (Å²) in [6.45, 7) is 4.86. The van der Waals surface area contributed by atoms with Crippen LogP contribution in [0.2, 0.25) is 0 Å². The summed E-state index contributed by atoms with van der Waals surface area (Å²) in [4.78, 5) is 25.0. The van der Waals surface area contributed by atoms with E-state index in [4.69, 9.17) is 0 Å². The van der Waals surface area contributed by atoms with Crippen LogP contribution in [0.4, 0.5) is 4.79 Å². The smallest absolute Gasteiger partial charge is 0.317 e. The van der Waals surface area contributed by atoms with Crippen LogP contribution in [0.1, 0.15) is 5.69 Å². The zero-order valence-electron chi connectivity index (χ0n) is 10.8. The number of rotatable bonds is 4. The molecule has 3 heterocycles. The molecule has 1 saturated heterocycles. The van der Waals surface area contributed by atoms with E-state index in [0.717, 1.165) is 36.8 Å². The first-order valence-electron chi connectivity index (χ1n) is 6.30. The summed E-state index contributed by atoms with van der Waals surface area (Å²) < 4.78 is 2.02. The lowest BCUT2D eigenvalue weighted by atomic mass is 10.3. The number of amides is 2. The van der Waals surface area contributed by atoms with E-state index in [1.54, 1.807) is 17.4 Å². The molecule has 2 amide bonds. The lowest BCUT2D eigenvalue weighted by molar-refractivity contribution is 0.215. The van der Waals surface area contributed by atoms with Crippen molar-refractivity contribution in [2.45, 2.75) is 13.5 Å². The number of H-pyrrole nitrogens is 1. The average molecular weight is 260 g/mol. The maximum Gasteiger partial charge on any atom is 0.317 e. The number of aromatic nitrogens is 4. The number of urea groups is 1. The monoisotopic (exact) mass is 260 g/mol. The second-order valence-corrected chi connectivity index (χ2v) is 4.54. The van der Waals surface area contributed by atoms with Gasteiger partial charge in [0.2, 0.25) is 0 Å². The molecule has 19 heavy (non-hydrogen) atoms. The first-order valence-corrected chi connectivity index (χ1v) is 6.30. The number of carbonyl (C=O) groups is 1. The van der Waals surface area contributed by atoms with Gasteiger partial charge in [0.1, 0.15) is 5.69 Å². The molecule has 7 heteroatoms. The van der Waals surface area contributed by atoms with Crippen molar-refractivity contribution in [1.82, 2.24) is 29.7 Å². The Hall–Kier alpha value is -2.31. The molecule has 0 atom stereocenters. The van der Waals surface area contributed by atoms with Crippen LogP contribution in [-0.4, -0.2) is 50.1 Å². The van der Waals surface area contributed by atoms with Gasteiger partial charge in [0.05, 0.1) is 6.33 Å². The van der Waals surface area contributed by atoms with Crippen LogP contribution in [0.5, 0.6) is 0 Å². The van der Waals surface area contributed by atoms with E-state index >= 15 is 0 Å². The fourth-order valence-corrected chi connectivity index (χ4v) is 2.24. The summed E-state index contributed by atoms with van der Waals surface area (Å²) >= 11 is 0. The van der Waals surface area contributed by atoms with E-state index in [1.807, 2.05) is 17.7 Å². The SMILES string of the molecule is Cc1[nH]cnc1-c1nccn1CCN1CCNC1=O. The summed E-state index contributed by atoms with van der Waals surface area (Å²) in [6.07, 6.45) is 5.34. The summed E-state index contributed by atoms with van der Waals surface area (Å²) in [6, 6.07) is 0.0117. The zero-order chi connectivity index (χ0) is 13.2. The highest BCUT2D eigenvalue weighted by atomic mass is 16.2. The Morgan fingerprint density at radius 3 is 2.95 bits per heavy atom. The summed E-state index contributed by atoms with van der Waals surface area (Å²) in [5.41, 5.74) is 1.85. The van der Waals surface area contributed by atoms with E-state index < -0.39 is 0 Å². The van der Waals surface area contributed by atoms with E-state index in [-0.39, 0.29) is 6.03 Å². The van der Waals surface area contributed by atoms with E-state index in [9.17, 15) is 4.79 Å².